The van der Waals surface area contributed by atoms with Gasteiger partial charge in [-0.15, -0.1) is 0 Å². The van der Waals surface area contributed by atoms with Gasteiger partial charge in [-0.1, -0.05) is 12.1 Å². The van der Waals surface area contributed by atoms with E-state index >= 15 is 0 Å². The number of anilines is 1. The molecule has 8 heteroatoms. The van der Waals surface area contributed by atoms with E-state index in [-0.39, 0.29) is 23.9 Å². The van der Waals surface area contributed by atoms with Crippen molar-refractivity contribution in [3.8, 4) is 5.75 Å². The van der Waals surface area contributed by atoms with Crippen LogP contribution in [0.4, 0.5) is 10.1 Å². The molecular weight excluding hydrogens is 395 g/mol. The first kappa shape index (κ1) is 20.5. The van der Waals surface area contributed by atoms with Crippen LogP contribution in [0.25, 0.3) is 6.08 Å². The van der Waals surface area contributed by atoms with Crippen molar-refractivity contribution in [2.24, 2.45) is 0 Å². The lowest BCUT2D eigenvalue weighted by atomic mass is 10.1. The van der Waals surface area contributed by atoms with E-state index in [0.29, 0.717) is 5.69 Å². The molecule has 0 spiro atoms. The molecule has 0 aliphatic carbocycles. The molecule has 1 atom stereocenters. The van der Waals surface area contributed by atoms with E-state index < -0.39 is 23.7 Å². The van der Waals surface area contributed by atoms with E-state index in [4.69, 9.17) is 17.0 Å². The Morgan fingerprint density at radius 2 is 1.86 bits per heavy atom. The smallest absolute Gasteiger partial charge is 0.308 e. The lowest BCUT2D eigenvalue weighted by Crippen LogP contribution is -2.33. The van der Waals surface area contributed by atoms with Gasteiger partial charge in [-0.2, -0.15) is 0 Å². The number of amides is 1. The third-order valence-electron chi connectivity index (χ3n) is 4.32. The second-order valence-electron chi connectivity index (χ2n) is 6.27. The summed E-state index contributed by atoms with van der Waals surface area (Å²) in [5.74, 6) is -1.21. The molecule has 0 radical (unpaired) electrons. The van der Waals surface area contributed by atoms with Crippen LogP contribution >= 0.6 is 12.2 Å². The summed E-state index contributed by atoms with van der Waals surface area (Å²) in [4.78, 5) is 27.9. The first-order valence-electron chi connectivity index (χ1n) is 8.95. The average molecular weight is 414 g/mol. The molecule has 1 aliphatic rings. The van der Waals surface area contributed by atoms with E-state index in [1.165, 1.54) is 46.2 Å². The lowest BCUT2D eigenvalue weighted by molar-refractivity contribution is -0.145. The highest BCUT2D eigenvalue weighted by Crippen LogP contribution is 2.28. The number of ether oxygens (including phenoxy) is 1. The quantitative estimate of drug-likeness (QED) is 0.577. The van der Waals surface area contributed by atoms with Crippen LogP contribution in [0.1, 0.15) is 18.9 Å². The minimum absolute atomic E-state index is 0.136. The Hall–Kier alpha value is -3.26. The van der Waals surface area contributed by atoms with Crippen LogP contribution in [0.5, 0.6) is 5.75 Å². The Labute approximate surface area is 172 Å². The molecule has 1 heterocycles. The fourth-order valence-electron chi connectivity index (χ4n) is 2.92. The predicted molar refractivity (Wildman–Crippen MR) is 111 cm³/mol. The van der Waals surface area contributed by atoms with Crippen LogP contribution in [0.3, 0.4) is 0 Å². The standard InChI is InChI=1S/C21H19FN2O4S/c1-2-28-19(26)13-18-20(27)24(16-7-5-15(22)6-8-16)21(29)23(18)12-11-14-3-9-17(25)10-4-14/h3-12,18,25H,2,13H2,1H3/b12-11+. The third-order valence-corrected chi connectivity index (χ3v) is 4.72. The Bertz CT molecular complexity index is 944. The second kappa shape index (κ2) is 8.83. The fourth-order valence-corrected chi connectivity index (χ4v) is 3.31. The summed E-state index contributed by atoms with van der Waals surface area (Å²) in [7, 11) is 0. The van der Waals surface area contributed by atoms with E-state index in [0.717, 1.165) is 5.56 Å². The zero-order valence-corrected chi connectivity index (χ0v) is 16.4. The van der Waals surface area contributed by atoms with Gasteiger partial charge >= 0.3 is 5.97 Å². The number of hydrogen-bond donors (Lipinski definition) is 1. The fraction of sp³-hybridized carbons (Fsp3) is 0.190. The topological polar surface area (TPSA) is 70.1 Å². The summed E-state index contributed by atoms with van der Waals surface area (Å²) >= 11 is 5.48. The number of carbonyl (C=O) groups is 2. The van der Waals surface area contributed by atoms with Crippen LogP contribution in [0.15, 0.2) is 54.7 Å². The molecule has 1 saturated heterocycles. The van der Waals surface area contributed by atoms with Crippen molar-refractivity contribution in [3.63, 3.8) is 0 Å². The van der Waals surface area contributed by atoms with E-state index in [9.17, 15) is 19.1 Å². The normalized spacial score (nSPS) is 16.7. The summed E-state index contributed by atoms with van der Waals surface area (Å²) < 4.78 is 18.3. The van der Waals surface area contributed by atoms with Gasteiger partial charge in [0, 0.05) is 6.20 Å². The molecule has 29 heavy (non-hydrogen) atoms. The van der Waals surface area contributed by atoms with Crippen molar-refractivity contribution in [2.75, 3.05) is 11.5 Å². The lowest BCUT2D eigenvalue weighted by Gasteiger charge is -2.19. The third kappa shape index (κ3) is 4.60. The molecule has 3 rings (SSSR count). The number of rotatable bonds is 6. The molecule has 6 nitrogen and oxygen atoms in total. The maximum absolute atomic E-state index is 13.3. The van der Waals surface area contributed by atoms with Gasteiger partial charge in [-0.25, -0.2) is 4.39 Å². The highest BCUT2D eigenvalue weighted by Gasteiger charge is 2.43. The highest BCUT2D eigenvalue weighted by molar-refractivity contribution is 7.80. The number of halogens is 1. The van der Waals surface area contributed by atoms with Crippen molar-refractivity contribution in [1.29, 1.82) is 0 Å². The molecule has 0 bridgehead atoms. The Balaban J connectivity index is 1.91. The van der Waals surface area contributed by atoms with E-state index in [1.807, 2.05) is 0 Å². The van der Waals surface area contributed by atoms with E-state index in [2.05, 4.69) is 0 Å². The van der Waals surface area contributed by atoms with Gasteiger partial charge in [0.15, 0.2) is 5.11 Å². The SMILES string of the molecule is CCOC(=O)CC1C(=O)N(c2ccc(F)cc2)C(=S)N1/C=C/c1ccc(O)cc1. The molecule has 1 amide bonds. The first-order chi connectivity index (χ1) is 13.9. The predicted octanol–water partition coefficient (Wildman–Crippen LogP) is 3.46. The molecule has 0 aromatic heterocycles. The number of nitrogens with zero attached hydrogens (tertiary/aromatic N) is 2. The number of carbonyl (C=O) groups excluding carboxylic acids is 2. The summed E-state index contributed by atoms with van der Waals surface area (Å²) in [5, 5.41) is 9.57. The number of aromatic hydroxyl groups is 1. The van der Waals surface area contributed by atoms with Crippen LogP contribution in [-0.4, -0.2) is 39.6 Å². The molecular formula is C21H19FN2O4S. The summed E-state index contributed by atoms with van der Waals surface area (Å²) in [5.41, 5.74) is 1.18. The first-order valence-corrected chi connectivity index (χ1v) is 9.36. The van der Waals surface area contributed by atoms with Crippen LogP contribution in [0.2, 0.25) is 0 Å². The molecule has 1 aliphatic heterocycles. The highest BCUT2D eigenvalue weighted by atomic mass is 32.1. The second-order valence-corrected chi connectivity index (χ2v) is 6.64. The van der Waals surface area contributed by atoms with Crippen molar-refractivity contribution in [2.45, 2.75) is 19.4 Å². The van der Waals surface area contributed by atoms with Gasteiger partial charge in [0.25, 0.3) is 5.91 Å². The number of hydrogen-bond acceptors (Lipinski definition) is 5. The van der Waals surface area contributed by atoms with Crippen molar-refractivity contribution in [1.82, 2.24) is 4.90 Å². The number of esters is 1. The molecule has 0 saturated carbocycles. The number of phenolic OH excluding ortho intramolecular Hbond substituents is 1. The monoisotopic (exact) mass is 414 g/mol. The van der Waals surface area contributed by atoms with Gasteiger partial charge in [-0.3, -0.25) is 14.5 Å². The molecule has 1 fully saturated rings. The minimum atomic E-state index is -0.875. The van der Waals surface area contributed by atoms with Gasteiger partial charge in [0.1, 0.15) is 17.6 Å². The molecule has 1 N–H and O–H groups in total. The molecule has 150 valence electrons. The van der Waals surface area contributed by atoms with Crippen LogP contribution in [-0.2, 0) is 14.3 Å². The Kier molecular flexibility index (Phi) is 6.23. The van der Waals surface area contributed by atoms with Gasteiger partial charge in [0.2, 0.25) is 0 Å². The summed E-state index contributed by atoms with van der Waals surface area (Å²) in [6, 6.07) is 11.0. The van der Waals surface area contributed by atoms with Crippen LogP contribution in [0, 0.1) is 5.82 Å². The molecule has 1 unspecified atom stereocenters. The van der Waals surface area contributed by atoms with Gasteiger partial charge in [-0.05, 0) is 67.2 Å². The van der Waals surface area contributed by atoms with Crippen LogP contribution < -0.4 is 4.90 Å². The average Bonchev–Trinajstić information content (AvgIpc) is 2.92. The molecule has 2 aromatic rings. The zero-order valence-electron chi connectivity index (χ0n) is 15.6. The van der Waals surface area contributed by atoms with E-state index in [1.54, 1.807) is 31.3 Å². The number of thiocarbonyl (C=S) groups is 1. The van der Waals surface area contributed by atoms with Gasteiger partial charge < -0.3 is 14.7 Å². The summed E-state index contributed by atoms with van der Waals surface area (Å²) in [6.45, 7) is 1.89. The van der Waals surface area contributed by atoms with Crippen molar-refractivity contribution >= 4 is 41.0 Å². The largest absolute Gasteiger partial charge is 0.508 e. The number of benzene rings is 2. The number of phenols is 1. The minimum Gasteiger partial charge on any atom is -0.508 e. The Morgan fingerprint density at radius 1 is 1.21 bits per heavy atom. The summed E-state index contributed by atoms with van der Waals surface area (Å²) in [6.07, 6.45) is 3.15. The molecule has 2 aromatic carbocycles. The van der Waals surface area contributed by atoms with Crippen molar-refractivity contribution in [3.05, 3.63) is 66.1 Å². The maximum Gasteiger partial charge on any atom is 0.308 e. The zero-order chi connectivity index (χ0) is 21.0. The van der Waals surface area contributed by atoms with Crippen molar-refractivity contribution < 1.29 is 23.8 Å². The van der Waals surface area contributed by atoms with Gasteiger partial charge in [0.05, 0.1) is 18.7 Å². The maximum atomic E-state index is 13.3. The Morgan fingerprint density at radius 3 is 2.48 bits per heavy atom.